The van der Waals surface area contributed by atoms with Gasteiger partial charge in [-0.1, -0.05) is 18.2 Å². The lowest BCUT2D eigenvalue weighted by molar-refractivity contribution is -0.307. The predicted molar refractivity (Wildman–Crippen MR) is 103 cm³/mol. The molecule has 0 atom stereocenters. The molecule has 0 saturated carbocycles. The topological polar surface area (TPSA) is 82.5 Å². The fourth-order valence-corrected chi connectivity index (χ4v) is 4.45. The van der Waals surface area contributed by atoms with Gasteiger partial charge in [0.2, 0.25) is 0 Å². The lowest BCUT2D eigenvalue weighted by Gasteiger charge is -2.06. The van der Waals surface area contributed by atoms with Crippen molar-refractivity contribution in [3.05, 3.63) is 52.3 Å². The third-order valence-electron chi connectivity index (χ3n) is 3.75. The number of phenolic OH excluding ortho intramolecular Hbond substituents is 1. The van der Waals surface area contributed by atoms with Gasteiger partial charge in [0, 0.05) is 11.5 Å². The van der Waals surface area contributed by atoms with E-state index in [-0.39, 0.29) is 5.75 Å². The van der Waals surface area contributed by atoms with Crippen molar-refractivity contribution in [3.63, 3.8) is 0 Å². The summed E-state index contributed by atoms with van der Waals surface area (Å²) in [7, 11) is 0. The van der Waals surface area contributed by atoms with Crippen LogP contribution in [0.3, 0.4) is 0 Å². The van der Waals surface area contributed by atoms with Gasteiger partial charge in [-0.25, -0.2) is 4.98 Å². The van der Waals surface area contributed by atoms with Gasteiger partial charge in [0.05, 0.1) is 20.9 Å². The van der Waals surface area contributed by atoms with Gasteiger partial charge in [-0.3, -0.25) is 0 Å². The maximum absolute atomic E-state index is 10.4. The molecule has 0 spiro atoms. The Bertz CT molecular complexity index is 1130. The number of ether oxygens (including phenoxy) is 1. The molecule has 0 aliphatic heterocycles. The molecular weight excluding hydrogens is 370 g/mol. The summed E-state index contributed by atoms with van der Waals surface area (Å²) >= 11 is 3.08. The van der Waals surface area contributed by atoms with Gasteiger partial charge in [0.1, 0.15) is 23.1 Å². The summed E-state index contributed by atoms with van der Waals surface area (Å²) < 4.78 is 6.99. The first-order chi connectivity index (χ1) is 12.6. The molecule has 0 fully saturated rings. The number of carboxylic acids is 1. The summed E-state index contributed by atoms with van der Waals surface area (Å²) in [6, 6.07) is 10.7. The number of hydrogen-bond donors (Lipinski definition) is 1. The molecule has 1 N–H and O–H groups in total. The van der Waals surface area contributed by atoms with E-state index in [2.05, 4.69) is 4.98 Å². The van der Waals surface area contributed by atoms with Crippen LogP contribution in [-0.4, -0.2) is 22.7 Å². The number of hydrogen-bond acceptors (Lipinski definition) is 7. The molecule has 0 unspecified atom stereocenters. The molecule has 5 nitrogen and oxygen atoms in total. The Morgan fingerprint density at radius 2 is 2.04 bits per heavy atom. The zero-order chi connectivity index (χ0) is 18.1. The van der Waals surface area contributed by atoms with Crippen molar-refractivity contribution in [2.75, 3.05) is 6.61 Å². The second kappa shape index (κ2) is 6.78. The minimum atomic E-state index is -1.25. The second-order valence-electron chi connectivity index (χ2n) is 5.52. The normalized spacial score (nSPS) is 11.5. The number of fused-ring (bicyclic) bond motifs is 3. The van der Waals surface area contributed by atoms with Gasteiger partial charge in [-0.2, -0.15) is 0 Å². The molecule has 2 heterocycles. The number of aromatic nitrogens is 1. The second-order valence-corrected chi connectivity index (χ2v) is 7.50. The average molecular weight is 382 g/mol. The molecule has 4 rings (SSSR count). The summed E-state index contributed by atoms with van der Waals surface area (Å²) in [5.74, 6) is -0.502. The Kier molecular flexibility index (Phi) is 4.32. The number of carbonyl (C=O) groups excluding carboxylic acids is 1. The van der Waals surface area contributed by atoms with E-state index in [1.54, 1.807) is 29.5 Å². The highest BCUT2D eigenvalue weighted by Gasteiger charge is 2.11. The highest BCUT2D eigenvalue weighted by atomic mass is 32.1. The standard InChI is InChI=1S/C19H13NO4S2/c21-14-9-15-18(19-13(14)7-8-25-19)20-16(26-15)6-3-11-1-4-12(5-2-11)24-10-17(22)23/h1-9,21H,10H2,(H,22,23)/p-1/b6-3+. The number of thiazole rings is 1. The predicted octanol–water partition coefficient (Wildman–Crippen LogP) is 3.52. The smallest absolute Gasteiger partial charge is 0.128 e. The Hall–Kier alpha value is -2.90. The number of aromatic hydroxyl groups is 1. The van der Waals surface area contributed by atoms with Crippen LogP contribution in [0.4, 0.5) is 0 Å². The maximum Gasteiger partial charge on any atom is 0.128 e. The zero-order valence-electron chi connectivity index (χ0n) is 13.3. The van der Waals surface area contributed by atoms with Crippen LogP contribution in [0, 0.1) is 0 Å². The van der Waals surface area contributed by atoms with Crippen molar-refractivity contribution in [2.24, 2.45) is 0 Å². The van der Waals surface area contributed by atoms with Crippen LogP contribution in [0.2, 0.25) is 0 Å². The fourth-order valence-electron chi connectivity index (χ4n) is 2.56. The Balaban J connectivity index is 1.57. The molecule has 130 valence electrons. The molecule has 7 heteroatoms. The van der Waals surface area contributed by atoms with Crippen LogP contribution in [0.15, 0.2) is 41.8 Å². The summed E-state index contributed by atoms with van der Waals surface area (Å²) in [5, 5.41) is 24.1. The van der Waals surface area contributed by atoms with E-state index in [0.29, 0.717) is 5.75 Å². The van der Waals surface area contributed by atoms with Crippen molar-refractivity contribution >= 4 is 61.1 Å². The van der Waals surface area contributed by atoms with Gasteiger partial charge in [0.15, 0.2) is 0 Å². The first kappa shape index (κ1) is 16.6. The number of nitrogens with zero attached hydrogens (tertiary/aromatic N) is 1. The Morgan fingerprint density at radius 3 is 2.81 bits per heavy atom. The quantitative estimate of drug-likeness (QED) is 0.571. The minimum Gasteiger partial charge on any atom is -0.546 e. The number of aliphatic carboxylic acids is 1. The number of thiophene rings is 1. The van der Waals surface area contributed by atoms with E-state index in [9.17, 15) is 15.0 Å². The molecule has 0 saturated heterocycles. The lowest BCUT2D eigenvalue weighted by atomic mass is 10.2. The van der Waals surface area contributed by atoms with Crippen LogP contribution in [0.5, 0.6) is 11.5 Å². The number of benzene rings is 2. The highest BCUT2D eigenvalue weighted by Crippen LogP contribution is 2.38. The van der Waals surface area contributed by atoms with Crippen LogP contribution >= 0.6 is 22.7 Å². The minimum absolute atomic E-state index is 0.278. The third kappa shape index (κ3) is 3.26. The molecule has 0 bridgehead atoms. The molecular formula is C19H12NO4S2-. The van der Waals surface area contributed by atoms with Gasteiger partial charge >= 0.3 is 0 Å². The van der Waals surface area contributed by atoms with Crippen molar-refractivity contribution in [1.29, 1.82) is 0 Å². The number of carboxylic acid groups (broad SMARTS) is 1. The first-order valence-corrected chi connectivity index (χ1v) is 9.40. The van der Waals surface area contributed by atoms with E-state index in [0.717, 1.165) is 30.9 Å². The summed E-state index contributed by atoms with van der Waals surface area (Å²) in [5.41, 5.74) is 1.85. The molecule has 0 aliphatic rings. The third-order valence-corrected chi connectivity index (χ3v) is 5.64. The van der Waals surface area contributed by atoms with Gasteiger partial charge in [-0.05, 0) is 35.2 Å². The van der Waals surface area contributed by atoms with E-state index in [1.165, 1.54) is 11.3 Å². The van der Waals surface area contributed by atoms with E-state index in [1.807, 2.05) is 35.7 Å². The zero-order valence-corrected chi connectivity index (χ0v) is 15.0. The van der Waals surface area contributed by atoms with Gasteiger partial charge < -0.3 is 19.7 Å². The Labute approximate surface area is 156 Å². The van der Waals surface area contributed by atoms with Crippen molar-refractivity contribution in [3.8, 4) is 11.5 Å². The van der Waals surface area contributed by atoms with Crippen LogP contribution in [0.25, 0.3) is 32.5 Å². The SMILES string of the molecule is O=C([O-])COc1ccc(/C=C/c2nc3c(cc(O)c4ccsc43)s2)cc1. The molecule has 2 aromatic carbocycles. The van der Waals surface area contributed by atoms with Crippen LogP contribution < -0.4 is 9.84 Å². The fraction of sp³-hybridized carbons (Fsp3) is 0.0526. The molecule has 2 aromatic heterocycles. The van der Waals surface area contributed by atoms with Crippen LogP contribution in [-0.2, 0) is 4.79 Å². The molecule has 0 amide bonds. The molecule has 0 aliphatic carbocycles. The number of carbonyl (C=O) groups is 1. The lowest BCUT2D eigenvalue weighted by Crippen LogP contribution is -2.28. The summed E-state index contributed by atoms with van der Waals surface area (Å²) in [6.45, 7) is -0.467. The van der Waals surface area contributed by atoms with E-state index in [4.69, 9.17) is 4.74 Å². The first-order valence-electron chi connectivity index (χ1n) is 7.70. The van der Waals surface area contributed by atoms with Crippen LogP contribution in [0.1, 0.15) is 10.6 Å². The molecule has 26 heavy (non-hydrogen) atoms. The Morgan fingerprint density at radius 1 is 1.23 bits per heavy atom. The molecule has 4 aromatic rings. The summed E-state index contributed by atoms with van der Waals surface area (Å²) in [6.07, 6.45) is 3.84. The highest BCUT2D eigenvalue weighted by molar-refractivity contribution is 7.22. The van der Waals surface area contributed by atoms with E-state index < -0.39 is 12.6 Å². The number of rotatable bonds is 5. The maximum atomic E-state index is 10.4. The number of phenols is 1. The monoisotopic (exact) mass is 382 g/mol. The average Bonchev–Trinajstić information content (AvgIpc) is 3.26. The van der Waals surface area contributed by atoms with Crippen molar-refractivity contribution in [1.82, 2.24) is 4.98 Å². The molecule has 0 radical (unpaired) electrons. The van der Waals surface area contributed by atoms with Crippen molar-refractivity contribution in [2.45, 2.75) is 0 Å². The van der Waals surface area contributed by atoms with E-state index >= 15 is 0 Å². The van der Waals surface area contributed by atoms with Crippen molar-refractivity contribution < 1.29 is 19.7 Å². The van der Waals surface area contributed by atoms with Gasteiger partial charge in [0.25, 0.3) is 0 Å². The largest absolute Gasteiger partial charge is 0.546 e. The van der Waals surface area contributed by atoms with Gasteiger partial charge in [-0.15, -0.1) is 22.7 Å². The summed E-state index contributed by atoms with van der Waals surface area (Å²) in [4.78, 5) is 15.1.